The molecule has 0 aliphatic carbocycles. The molecule has 0 aliphatic rings. The van der Waals surface area contributed by atoms with Gasteiger partial charge in [-0.2, -0.15) is 8.78 Å². The Morgan fingerprint density at radius 3 is 2.50 bits per heavy atom. The van der Waals surface area contributed by atoms with Crippen LogP contribution in [0.3, 0.4) is 0 Å². The van der Waals surface area contributed by atoms with E-state index in [2.05, 4.69) is 12.6 Å². The molecule has 0 saturated heterocycles. The van der Waals surface area contributed by atoms with Crippen molar-refractivity contribution in [2.75, 3.05) is 0 Å². The van der Waals surface area contributed by atoms with Crippen molar-refractivity contribution >= 4 is 17.7 Å². The molecule has 0 unspecified atom stereocenters. The molecule has 0 bridgehead atoms. The molecule has 0 aromatic rings. The van der Waals surface area contributed by atoms with Crippen LogP contribution in [-0.4, -0.2) is 5.12 Å². The molecular formula is C6H8F2OS. The molecule has 0 saturated carbocycles. The highest BCUT2D eigenvalue weighted by Crippen LogP contribution is 2.04. The molecule has 0 aromatic carbocycles. The van der Waals surface area contributed by atoms with Gasteiger partial charge in [-0.1, -0.05) is 0 Å². The second-order valence-electron chi connectivity index (χ2n) is 1.78. The van der Waals surface area contributed by atoms with Crippen LogP contribution < -0.4 is 0 Å². The van der Waals surface area contributed by atoms with Crippen molar-refractivity contribution in [2.24, 2.45) is 0 Å². The summed E-state index contributed by atoms with van der Waals surface area (Å²) in [5.41, 5.74) is 0. The largest absolute Gasteiger partial charge is 0.288 e. The summed E-state index contributed by atoms with van der Waals surface area (Å²) in [6, 6.07) is 0. The van der Waals surface area contributed by atoms with Crippen LogP contribution in [0.4, 0.5) is 8.78 Å². The fourth-order valence-electron chi connectivity index (χ4n) is 0.464. The number of thiol groups is 1. The van der Waals surface area contributed by atoms with Gasteiger partial charge in [-0.05, 0) is 18.9 Å². The van der Waals surface area contributed by atoms with Gasteiger partial charge in [0, 0.05) is 6.42 Å². The summed E-state index contributed by atoms with van der Waals surface area (Å²) in [6.07, 6.45) is 0.0596. The summed E-state index contributed by atoms with van der Waals surface area (Å²) in [5, 5.41) is -0.257. The Hall–Kier alpha value is -0.380. The summed E-state index contributed by atoms with van der Waals surface area (Å²) in [6.45, 7) is 0. The van der Waals surface area contributed by atoms with Crippen molar-refractivity contribution in [3.63, 3.8) is 0 Å². The minimum Gasteiger partial charge on any atom is -0.288 e. The highest BCUT2D eigenvalue weighted by atomic mass is 32.1. The van der Waals surface area contributed by atoms with E-state index >= 15 is 0 Å². The van der Waals surface area contributed by atoms with Crippen LogP contribution in [0.2, 0.25) is 0 Å². The van der Waals surface area contributed by atoms with Crippen LogP contribution >= 0.6 is 12.6 Å². The number of halogens is 2. The van der Waals surface area contributed by atoms with Gasteiger partial charge in [-0.15, -0.1) is 12.6 Å². The van der Waals surface area contributed by atoms with Gasteiger partial charge in [0.2, 0.25) is 0 Å². The highest BCUT2D eigenvalue weighted by Gasteiger charge is 1.93. The fourth-order valence-corrected chi connectivity index (χ4v) is 0.623. The highest BCUT2D eigenvalue weighted by molar-refractivity contribution is 7.96. The van der Waals surface area contributed by atoms with Crippen LogP contribution in [0.1, 0.15) is 19.3 Å². The Labute approximate surface area is 63.5 Å². The van der Waals surface area contributed by atoms with Gasteiger partial charge in [0.1, 0.15) is 0 Å². The third kappa shape index (κ3) is 7.62. The second-order valence-corrected chi connectivity index (χ2v) is 2.28. The van der Waals surface area contributed by atoms with E-state index in [4.69, 9.17) is 0 Å². The Balaban J connectivity index is 3.21. The molecule has 0 radical (unpaired) electrons. The van der Waals surface area contributed by atoms with Crippen molar-refractivity contribution in [3.05, 3.63) is 12.2 Å². The maximum atomic E-state index is 11.3. The van der Waals surface area contributed by atoms with Crippen LogP contribution in [0.25, 0.3) is 0 Å². The summed E-state index contributed by atoms with van der Waals surface area (Å²) in [4.78, 5) is 10.1. The average molecular weight is 166 g/mol. The average Bonchev–Trinajstić information content (AvgIpc) is 1.79. The van der Waals surface area contributed by atoms with E-state index in [1.165, 1.54) is 0 Å². The van der Waals surface area contributed by atoms with Gasteiger partial charge in [0.15, 0.2) is 5.12 Å². The first-order valence-electron chi connectivity index (χ1n) is 2.86. The molecule has 0 atom stereocenters. The van der Waals surface area contributed by atoms with Crippen LogP contribution in [-0.2, 0) is 4.79 Å². The monoisotopic (exact) mass is 166 g/mol. The summed E-state index contributed by atoms with van der Waals surface area (Å²) in [7, 11) is 0. The summed E-state index contributed by atoms with van der Waals surface area (Å²) < 4.78 is 22.6. The van der Waals surface area contributed by atoms with Crippen molar-refractivity contribution in [1.29, 1.82) is 0 Å². The van der Waals surface area contributed by atoms with Gasteiger partial charge >= 0.3 is 0 Å². The first-order chi connectivity index (χ1) is 4.63. The smallest absolute Gasteiger partial charge is 0.266 e. The molecule has 0 amide bonds. The predicted octanol–water partition coefficient (Wildman–Crippen LogP) is 2.39. The van der Waals surface area contributed by atoms with Crippen LogP contribution in [0.5, 0.6) is 0 Å². The molecular weight excluding hydrogens is 158 g/mol. The number of allylic oxidation sites excluding steroid dienone is 1. The van der Waals surface area contributed by atoms with Crippen molar-refractivity contribution < 1.29 is 13.6 Å². The first-order valence-corrected chi connectivity index (χ1v) is 3.30. The van der Waals surface area contributed by atoms with Gasteiger partial charge < -0.3 is 0 Å². The Morgan fingerprint density at radius 2 is 2.10 bits per heavy atom. The zero-order chi connectivity index (χ0) is 7.98. The molecule has 58 valence electrons. The molecule has 0 heterocycles. The molecule has 10 heavy (non-hydrogen) atoms. The quantitative estimate of drug-likeness (QED) is 0.501. The first kappa shape index (κ1) is 9.62. The van der Waals surface area contributed by atoms with E-state index in [0.717, 1.165) is 6.08 Å². The number of carbonyl (C=O) groups is 1. The molecule has 0 fully saturated rings. The van der Waals surface area contributed by atoms with Gasteiger partial charge in [0.25, 0.3) is 6.08 Å². The number of hydrogen-bond donors (Lipinski definition) is 1. The summed E-state index contributed by atoms with van der Waals surface area (Å²) in [5.74, 6) is 0. The zero-order valence-corrected chi connectivity index (χ0v) is 6.20. The third-order valence-electron chi connectivity index (χ3n) is 0.893. The lowest BCUT2D eigenvalue weighted by Gasteiger charge is -1.88. The maximum Gasteiger partial charge on any atom is 0.266 e. The lowest BCUT2D eigenvalue weighted by atomic mass is 10.2. The van der Waals surface area contributed by atoms with Gasteiger partial charge in [0.05, 0.1) is 0 Å². The van der Waals surface area contributed by atoms with Crippen LogP contribution in [0.15, 0.2) is 12.2 Å². The van der Waals surface area contributed by atoms with E-state index in [1.54, 1.807) is 0 Å². The molecule has 0 aliphatic heterocycles. The van der Waals surface area contributed by atoms with E-state index in [9.17, 15) is 13.6 Å². The molecule has 0 spiro atoms. The van der Waals surface area contributed by atoms with Crippen molar-refractivity contribution in [1.82, 2.24) is 0 Å². The lowest BCUT2D eigenvalue weighted by Crippen LogP contribution is -1.83. The van der Waals surface area contributed by atoms with E-state index in [1.807, 2.05) is 0 Å². The molecule has 0 N–H and O–H groups in total. The van der Waals surface area contributed by atoms with Crippen molar-refractivity contribution in [2.45, 2.75) is 19.3 Å². The third-order valence-corrected chi connectivity index (χ3v) is 1.12. The van der Waals surface area contributed by atoms with Gasteiger partial charge in [-0.25, -0.2) is 0 Å². The number of unbranched alkanes of at least 4 members (excludes halogenated alkanes) is 1. The molecule has 0 rings (SSSR count). The Bertz CT molecular complexity index is 141. The van der Waals surface area contributed by atoms with Gasteiger partial charge in [-0.3, -0.25) is 4.79 Å². The Kier molecular flexibility index (Phi) is 5.20. The second kappa shape index (κ2) is 5.41. The van der Waals surface area contributed by atoms with E-state index in [-0.39, 0.29) is 18.0 Å². The minimum atomic E-state index is -1.69. The number of rotatable bonds is 4. The maximum absolute atomic E-state index is 11.3. The lowest BCUT2D eigenvalue weighted by molar-refractivity contribution is -0.110. The normalized spacial score (nSPS) is 9.10. The SMILES string of the molecule is O=C(S)CCCC=C(F)F. The fraction of sp³-hybridized carbons (Fsp3) is 0.500. The standard InChI is InChI=1S/C6H8F2OS/c7-5(8)3-1-2-4-6(9)10/h3H,1-2,4H2,(H,9,10). The topological polar surface area (TPSA) is 17.1 Å². The summed E-state index contributed by atoms with van der Waals surface area (Å²) >= 11 is 3.48. The molecule has 1 nitrogen and oxygen atoms in total. The number of carbonyl (C=O) groups excluding carboxylic acids is 1. The van der Waals surface area contributed by atoms with E-state index in [0.29, 0.717) is 6.42 Å². The number of hydrogen-bond acceptors (Lipinski definition) is 1. The molecule has 4 heteroatoms. The van der Waals surface area contributed by atoms with E-state index < -0.39 is 6.08 Å². The predicted molar refractivity (Wildman–Crippen MR) is 38.1 cm³/mol. The van der Waals surface area contributed by atoms with Crippen LogP contribution in [0, 0.1) is 0 Å². The minimum absolute atomic E-state index is 0.245. The zero-order valence-electron chi connectivity index (χ0n) is 5.31. The Morgan fingerprint density at radius 1 is 1.50 bits per heavy atom. The van der Waals surface area contributed by atoms with Crippen molar-refractivity contribution in [3.8, 4) is 0 Å². The molecule has 0 aromatic heterocycles.